The van der Waals surface area contributed by atoms with E-state index in [0.29, 0.717) is 44.1 Å². The molecule has 5 heteroatoms. The molecular weight excluding hydrogens is 606 g/mol. The molecule has 0 bridgehead atoms. The van der Waals surface area contributed by atoms with E-state index in [1.165, 1.54) is 16.3 Å². The molecule has 0 radical (unpaired) electrons. The minimum atomic E-state index is -0.446. The Balaban J connectivity index is 1.34. The first-order chi connectivity index (χ1) is 23.4. The van der Waals surface area contributed by atoms with Crippen molar-refractivity contribution in [3.8, 4) is 11.5 Å². The average molecular weight is 654 g/mol. The molecule has 1 heterocycles. The summed E-state index contributed by atoms with van der Waals surface area (Å²) in [6, 6.07) is 29.1. The molecule has 0 unspecified atom stereocenters. The van der Waals surface area contributed by atoms with Crippen molar-refractivity contribution in [3.05, 3.63) is 130 Å². The number of allylic oxidation sites excluding steroid dienone is 4. The quantitative estimate of drug-likeness (QED) is 0.189. The van der Waals surface area contributed by atoms with Gasteiger partial charge in [-0.05, 0) is 77.1 Å². The van der Waals surface area contributed by atoms with E-state index < -0.39 is 5.92 Å². The van der Waals surface area contributed by atoms with E-state index in [1.54, 1.807) is 0 Å². The van der Waals surface area contributed by atoms with Gasteiger partial charge in [0.2, 0.25) is 0 Å². The fraction of sp³-hybridized carbons (Fsp3) is 0.364. The third-order valence-corrected chi connectivity index (χ3v) is 10.5. The topological polar surface area (TPSA) is 55.8 Å². The van der Waals surface area contributed by atoms with Crippen molar-refractivity contribution in [1.29, 1.82) is 0 Å². The number of carbonyl (C=O) groups is 2. The van der Waals surface area contributed by atoms with E-state index >= 15 is 0 Å². The van der Waals surface area contributed by atoms with Crippen LogP contribution < -0.4 is 9.47 Å². The van der Waals surface area contributed by atoms with Crippen LogP contribution >= 0.6 is 0 Å². The zero-order valence-corrected chi connectivity index (χ0v) is 29.7. The van der Waals surface area contributed by atoms with Gasteiger partial charge in [-0.25, -0.2) is 0 Å². The first-order valence-corrected chi connectivity index (χ1v) is 17.7. The molecule has 0 saturated heterocycles. The molecule has 5 nitrogen and oxygen atoms in total. The van der Waals surface area contributed by atoms with Crippen LogP contribution in [0.1, 0.15) is 88.5 Å². The Bertz CT molecular complexity index is 1960. The van der Waals surface area contributed by atoms with Crippen LogP contribution in [-0.4, -0.2) is 23.1 Å². The number of nitrogens with zero attached hydrogens (tertiary/aromatic N) is 1. The smallest absolute Gasteiger partial charge is 0.162 e. The summed E-state index contributed by atoms with van der Waals surface area (Å²) in [6.45, 7) is 14.3. The largest absolute Gasteiger partial charge is 0.490 e. The van der Waals surface area contributed by atoms with Gasteiger partial charge in [0, 0.05) is 53.4 Å². The first-order valence-electron chi connectivity index (χ1n) is 17.7. The summed E-state index contributed by atoms with van der Waals surface area (Å²) in [5.74, 6) is 1.08. The summed E-state index contributed by atoms with van der Waals surface area (Å²) in [5.41, 5.74) is 7.66. The lowest BCUT2D eigenvalue weighted by Crippen LogP contribution is -2.44. The summed E-state index contributed by atoms with van der Waals surface area (Å²) in [7, 11) is 0. The van der Waals surface area contributed by atoms with E-state index in [-0.39, 0.29) is 22.4 Å². The molecule has 4 aromatic rings. The summed E-state index contributed by atoms with van der Waals surface area (Å²) < 4.78 is 12.7. The van der Waals surface area contributed by atoms with E-state index in [1.807, 2.05) is 31.2 Å². The average Bonchev–Trinajstić information content (AvgIpc) is 3.05. The monoisotopic (exact) mass is 653 g/mol. The summed E-state index contributed by atoms with van der Waals surface area (Å²) in [4.78, 5) is 31.0. The molecule has 4 aromatic carbocycles. The van der Waals surface area contributed by atoms with Gasteiger partial charge in [0.15, 0.2) is 23.1 Å². The first kappa shape index (κ1) is 32.9. The molecule has 0 atom stereocenters. The van der Waals surface area contributed by atoms with Gasteiger partial charge in [-0.2, -0.15) is 0 Å². The molecule has 0 spiro atoms. The van der Waals surface area contributed by atoms with E-state index in [9.17, 15) is 9.59 Å². The SMILES string of the molecule is CCOc1cc(C2C3=C(CC(C)(C)CC3=O)N(Cc3ccccc3)C3=C2C(=O)CC(C)(C)C3)ccc1OCc1c(C)ccc2ccccc12. The van der Waals surface area contributed by atoms with Crippen molar-refractivity contribution >= 4 is 22.3 Å². The maximum Gasteiger partial charge on any atom is 0.162 e. The van der Waals surface area contributed by atoms with Crippen molar-refractivity contribution in [2.75, 3.05) is 6.61 Å². The highest BCUT2D eigenvalue weighted by Crippen LogP contribution is 2.55. The lowest BCUT2D eigenvalue weighted by molar-refractivity contribution is -0.119. The third kappa shape index (κ3) is 6.32. The number of aryl methyl sites for hydroxylation is 1. The Morgan fingerprint density at radius 2 is 1.35 bits per heavy atom. The van der Waals surface area contributed by atoms with Crippen LogP contribution in [0.2, 0.25) is 0 Å². The van der Waals surface area contributed by atoms with Crippen molar-refractivity contribution in [2.24, 2.45) is 10.8 Å². The molecule has 0 fully saturated rings. The number of fused-ring (bicyclic) bond motifs is 1. The second-order valence-corrected chi connectivity index (χ2v) is 15.6. The van der Waals surface area contributed by atoms with Gasteiger partial charge in [0.05, 0.1) is 6.61 Å². The van der Waals surface area contributed by atoms with Crippen LogP contribution in [0.15, 0.2) is 107 Å². The lowest BCUT2D eigenvalue weighted by Gasteiger charge is -2.49. The number of Topliss-reactive ketones (excluding diaryl/α,β-unsaturated/α-hetero) is 2. The third-order valence-electron chi connectivity index (χ3n) is 10.5. The summed E-state index contributed by atoms with van der Waals surface area (Å²) in [6.07, 6.45) is 2.45. The molecule has 7 rings (SSSR count). The number of benzene rings is 4. The number of ketones is 2. The Morgan fingerprint density at radius 1 is 0.714 bits per heavy atom. The van der Waals surface area contributed by atoms with Gasteiger partial charge in [-0.15, -0.1) is 0 Å². The predicted octanol–water partition coefficient (Wildman–Crippen LogP) is 10.0. The number of carbonyl (C=O) groups excluding carboxylic acids is 2. The molecule has 0 saturated carbocycles. The highest BCUT2D eigenvalue weighted by Gasteiger charge is 2.49. The number of hydrogen-bond donors (Lipinski definition) is 0. The van der Waals surface area contributed by atoms with Gasteiger partial charge >= 0.3 is 0 Å². The zero-order valence-electron chi connectivity index (χ0n) is 29.7. The van der Waals surface area contributed by atoms with Crippen LogP contribution in [0.4, 0.5) is 0 Å². The molecule has 252 valence electrons. The van der Waals surface area contributed by atoms with Crippen LogP contribution in [-0.2, 0) is 22.7 Å². The van der Waals surface area contributed by atoms with E-state index in [4.69, 9.17) is 9.47 Å². The van der Waals surface area contributed by atoms with Crippen LogP contribution in [0, 0.1) is 17.8 Å². The Hall–Kier alpha value is -4.64. The van der Waals surface area contributed by atoms with Crippen molar-refractivity contribution in [2.45, 2.75) is 86.3 Å². The van der Waals surface area contributed by atoms with E-state index in [0.717, 1.165) is 52.1 Å². The number of rotatable bonds is 8. The minimum Gasteiger partial charge on any atom is -0.490 e. The molecule has 2 aliphatic carbocycles. The van der Waals surface area contributed by atoms with Gasteiger partial charge in [-0.1, -0.05) is 100 Å². The maximum atomic E-state index is 14.3. The molecule has 0 amide bonds. The summed E-state index contributed by atoms with van der Waals surface area (Å²) >= 11 is 0. The lowest BCUT2D eigenvalue weighted by atomic mass is 9.63. The minimum absolute atomic E-state index is 0.128. The normalized spacial score (nSPS) is 18.9. The highest BCUT2D eigenvalue weighted by atomic mass is 16.5. The van der Waals surface area contributed by atoms with E-state index in [2.05, 4.69) is 100 Å². The number of hydrogen-bond acceptors (Lipinski definition) is 5. The molecule has 49 heavy (non-hydrogen) atoms. The molecular formula is C44H47NO4. The Kier molecular flexibility index (Phi) is 8.50. The predicted molar refractivity (Wildman–Crippen MR) is 195 cm³/mol. The van der Waals surface area contributed by atoms with Gasteiger partial charge in [-0.3, -0.25) is 9.59 Å². The Labute approximate surface area is 290 Å². The molecule has 0 N–H and O–H groups in total. The van der Waals surface area contributed by atoms with Crippen molar-refractivity contribution in [3.63, 3.8) is 0 Å². The zero-order chi connectivity index (χ0) is 34.5. The Morgan fingerprint density at radius 3 is 2.00 bits per heavy atom. The summed E-state index contributed by atoms with van der Waals surface area (Å²) in [5, 5.41) is 2.36. The van der Waals surface area contributed by atoms with Crippen LogP contribution in [0.25, 0.3) is 10.8 Å². The van der Waals surface area contributed by atoms with Crippen molar-refractivity contribution < 1.29 is 19.1 Å². The fourth-order valence-electron chi connectivity index (χ4n) is 8.22. The van der Waals surface area contributed by atoms with Crippen LogP contribution in [0.3, 0.4) is 0 Å². The molecule has 3 aliphatic rings. The fourth-order valence-corrected chi connectivity index (χ4v) is 8.22. The highest BCUT2D eigenvalue weighted by molar-refractivity contribution is 6.07. The molecule has 0 aromatic heterocycles. The number of ether oxygens (including phenoxy) is 2. The second kappa shape index (κ2) is 12.7. The van der Waals surface area contributed by atoms with Gasteiger partial charge < -0.3 is 14.4 Å². The van der Waals surface area contributed by atoms with Gasteiger partial charge in [0.25, 0.3) is 0 Å². The molecule has 1 aliphatic heterocycles. The second-order valence-electron chi connectivity index (χ2n) is 15.6. The van der Waals surface area contributed by atoms with Crippen molar-refractivity contribution in [1.82, 2.24) is 4.90 Å². The maximum absolute atomic E-state index is 14.3. The standard InChI is InChI=1S/C44H47NO4/c1-7-48-39-21-31(19-20-38(39)49-27-33-28(2)17-18-30-15-11-12-16-32(30)33)40-41-34(22-43(3,4)24-36(41)46)45(26-29-13-9-8-10-14-29)35-23-44(5,6)25-37(47)42(35)40/h8-21,40H,7,22-27H2,1-6H3. The van der Waals surface area contributed by atoms with Gasteiger partial charge in [0.1, 0.15) is 6.61 Å². The van der Waals surface area contributed by atoms with Crippen LogP contribution in [0.5, 0.6) is 11.5 Å².